The molecule has 2 aromatic heterocycles. The van der Waals surface area contributed by atoms with Crippen LogP contribution in [0.25, 0.3) is 22.3 Å². The molecule has 13 heteroatoms. The molecule has 2 fully saturated rings. The number of nitrogens with one attached hydrogen (secondary N) is 1. The first-order valence-corrected chi connectivity index (χ1v) is 31.9. The molecular weight excluding hydrogens is 1070 g/mol. The maximum atomic E-state index is 13.0. The van der Waals surface area contributed by atoms with Crippen LogP contribution in [0.1, 0.15) is 32.4 Å². The van der Waals surface area contributed by atoms with Crippen molar-refractivity contribution in [1.82, 2.24) is 15.0 Å². The summed E-state index contributed by atoms with van der Waals surface area (Å²) >= 11 is -0.106. The second kappa shape index (κ2) is 25.6. The van der Waals surface area contributed by atoms with Gasteiger partial charge in [0.2, 0.25) is 0 Å². The van der Waals surface area contributed by atoms with Crippen molar-refractivity contribution >= 4 is 93.3 Å². The molecule has 0 bridgehead atoms. The van der Waals surface area contributed by atoms with Gasteiger partial charge in [0.15, 0.2) is 15.7 Å². The van der Waals surface area contributed by atoms with Gasteiger partial charge in [-0.3, -0.25) is 0 Å². The molecule has 1 atom stereocenters. The van der Waals surface area contributed by atoms with Gasteiger partial charge in [-0.05, 0) is 79.6 Å². The molecule has 0 radical (unpaired) electrons. The summed E-state index contributed by atoms with van der Waals surface area (Å²) in [5, 5.41) is 9.42. The summed E-state index contributed by atoms with van der Waals surface area (Å²) in [7, 11) is 5.46. The van der Waals surface area contributed by atoms with E-state index in [0.717, 1.165) is 28.8 Å². The first-order chi connectivity index (χ1) is 34.8. The molecule has 366 valence electrons. The van der Waals surface area contributed by atoms with E-state index in [1.165, 1.54) is 31.8 Å². The summed E-state index contributed by atoms with van der Waals surface area (Å²) in [4.78, 5) is 15.2. The predicted octanol–water partition coefficient (Wildman–Crippen LogP) is 11.5. The van der Waals surface area contributed by atoms with Crippen molar-refractivity contribution < 1.29 is 29.1 Å². The zero-order valence-corrected chi connectivity index (χ0v) is 45.2. The van der Waals surface area contributed by atoms with Gasteiger partial charge in [-0.15, -0.1) is 0 Å². The largest absolute Gasteiger partial charge is 0.0622 e. The Labute approximate surface area is 437 Å². The molecule has 7 aromatic carbocycles. The average molecular weight is 1130 g/mol. The van der Waals surface area contributed by atoms with Gasteiger partial charge < -0.3 is 14.6 Å². The van der Waals surface area contributed by atoms with Gasteiger partial charge in [0.25, 0.3) is 0 Å². The number of aromatic amines is 1. The first kappa shape index (κ1) is 52.3. The van der Waals surface area contributed by atoms with Crippen LogP contribution in [0.3, 0.4) is 0 Å². The maximum Gasteiger partial charge on any atom is -0.0134 e. The summed E-state index contributed by atoms with van der Waals surface area (Å²) in [6, 6.07) is 74.7. The van der Waals surface area contributed by atoms with Gasteiger partial charge in [0.1, 0.15) is 10.6 Å². The Hall–Kier alpha value is -5.03. The Morgan fingerprint density at radius 2 is 1.06 bits per heavy atom. The SMILES string of the molecule is CCS(=O)(=O)C1(c2cc(N3CCOC[C@H]3C)nc(-c3cccc4[nH]ccc34)n2)CC1.[Cl][Pd][Cl].c1ccc(P(c2ccccc2)c2ccccc2)cc1.c1ccc(P(c2ccccc2)c2ccccc2)cc1. The van der Waals surface area contributed by atoms with Crippen LogP contribution >= 0.6 is 34.9 Å². The molecule has 11 rings (SSSR count). The quantitative estimate of drug-likeness (QED) is 0.103. The first-order valence-electron chi connectivity index (χ1n) is 23.5. The summed E-state index contributed by atoms with van der Waals surface area (Å²) in [5.41, 5.74) is 2.53. The molecule has 7 nitrogen and oxygen atoms in total. The third-order valence-electron chi connectivity index (χ3n) is 12.4. The molecule has 3 heterocycles. The number of morpholine rings is 1. The Morgan fingerprint density at radius 1 is 0.634 bits per heavy atom. The summed E-state index contributed by atoms with van der Waals surface area (Å²) < 4.78 is 30.6. The second-order valence-corrected chi connectivity index (χ2v) is 26.3. The second-order valence-electron chi connectivity index (χ2n) is 16.9. The Balaban J connectivity index is 0.000000144. The minimum atomic E-state index is -3.27. The topological polar surface area (TPSA) is 88.2 Å². The number of H-pyrrole nitrogens is 1. The molecule has 0 unspecified atom stereocenters. The number of hydrogen-bond acceptors (Lipinski definition) is 6. The van der Waals surface area contributed by atoms with Gasteiger partial charge in [-0.2, -0.15) is 0 Å². The standard InChI is InChI=1S/C22H26N4O3S.2C18H15P.2ClH.Pd/c1-3-30(27,28)22(8-9-22)19-13-20(26-11-12-29-14-15(26)2)25-21(24-19)17-5-4-6-18-16(17)7-10-23-18;2*1-4-10-16(11-5-1)19(17-12-6-2-7-13-17)18-14-8-3-9-15-18;;;/h4-7,10,13,15,23H,3,8-9,11-12,14H2,1-2H3;2*1-15H;2*1H;/q;;;;;+2/p-2/t15-;;;;;/m1...../s1. The normalized spacial score (nSPS) is 14.9. The van der Waals surface area contributed by atoms with Gasteiger partial charge in [0.05, 0.1) is 24.9 Å². The van der Waals surface area contributed by atoms with Crippen LogP contribution in [-0.4, -0.2) is 54.9 Å². The van der Waals surface area contributed by atoms with Crippen LogP contribution < -0.4 is 36.7 Å². The van der Waals surface area contributed by atoms with E-state index in [1.54, 1.807) is 6.92 Å². The van der Waals surface area contributed by atoms with Crippen LogP contribution in [0.4, 0.5) is 5.82 Å². The van der Waals surface area contributed by atoms with Crippen LogP contribution in [0.15, 0.2) is 219 Å². The predicted molar refractivity (Wildman–Crippen MR) is 299 cm³/mol. The fourth-order valence-electron chi connectivity index (χ4n) is 8.76. The smallest absolute Gasteiger partial charge is 0.0134 e. The maximum absolute atomic E-state index is 13.0. The number of anilines is 1. The van der Waals surface area contributed by atoms with Crippen LogP contribution in [0.2, 0.25) is 0 Å². The molecule has 9 aromatic rings. The Bertz CT molecular complexity index is 2840. The van der Waals surface area contributed by atoms with E-state index in [9.17, 15) is 8.42 Å². The molecule has 0 spiro atoms. The molecule has 1 N–H and O–H groups in total. The fraction of sp³-hybridized carbons (Fsp3) is 0.172. The Morgan fingerprint density at radius 3 is 1.44 bits per heavy atom. The number of nitrogens with zero attached hydrogens (tertiary/aromatic N) is 3. The number of sulfone groups is 1. The summed E-state index contributed by atoms with van der Waals surface area (Å²) in [6.07, 6.45) is 3.13. The fourth-order valence-corrected chi connectivity index (χ4v) is 15.1. The van der Waals surface area contributed by atoms with Crippen molar-refractivity contribution in [3.8, 4) is 11.4 Å². The minimum absolute atomic E-state index is 0.106. The van der Waals surface area contributed by atoms with Gasteiger partial charge in [0, 0.05) is 41.0 Å². The monoisotopic (exact) mass is 1130 g/mol. The number of halogens is 2. The van der Waals surface area contributed by atoms with Crippen molar-refractivity contribution in [3.05, 3.63) is 224 Å². The van der Waals surface area contributed by atoms with Crippen LogP contribution in [0, 0.1) is 0 Å². The van der Waals surface area contributed by atoms with Crippen molar-refractivity contribution in [1.29, 1.82) is 0 Å². The molecule has 1 saturated carbocycles. The number of rotatable bonds is 11. The summed E-state index contributed by atoms with van der Waals surface area (Å²) in [6.45, 7) is 5.79. The zero-order chi connectivity index (χ0) is 49.5. The van der Waals surface area contributed by atoms with E-state index < -0.39 is 30.4 Å². The van der Waals surface area contributed by atoms with Crippen LogP contribution in [0.5, 0.6) is 0 Å². The zero-order valence-electron chi connectivity index (χ0n) is 39.5. The third-order valence-corrected chi connectivity index (χ3v) is 19.9. The van der Waals surface area contributed by atoms with Crippen molar-refractivity contribution in [2.75, 3.05) is 30.4 Å². The van der Waals surface area contributed by atoms with E-state index in [-0.39, 0.29) is 27.7 Å². The number of aromatic nitrogens is 3. The van der Waals surface area contributed by atoms with E-state index in [1.807, 2.05) is 36.5 Å². The molecule has 0 amide bonds. The number of ether oxygens (including phenoxy) is 1. The van der Waals surface area contributed by atoms with E-state index in [2.05, 4.69) is 199 Å². The average Bonchev–Trinajstić information content (AvgIpc) is 4.12. The van der Waals surface area contributed by atoms with Crippen molar-refractivity contribution in [2.24, 2.45) is 0 Å². The van der Waals surface area contributed by atoms with Gasteiger partial charge >= 0.3 is 35.0 Å². The molecular formula is C58H56Cl2N4O3P2PdS. The number of fused-ring (bicyclic) bond motifs is 1. The number of benzene rings is 7. The van der Waals surface area contributed by atoms with Gasteiger partial charge in [-0.25, -0.2) is 18.4 Å². The van der Waals surface area contributed by atoms with E-state index >= 15 is 0 Å². The third kappa shape index (κ3) is 13.0. The number of hydrogen-bond donors (Lipinski definition) is 1. The molecule has 71 heavy (non-hydrogen) atoms. The van der Waals surface area contributed by atoms with Gasteiger partial charge in [-0.1, -0.05) is 201 Å². The minimum Gasteiger partial charge on any atom is -0.0622 e. The Kier molecular flexibility index (Phi) is 18.8. The van der Waals surface area contributed by atoms with E-state index in [0.29, 0.717) is 37.6 Å². The molecule has 1 aliphatic heterocycles. The molecule has 1 saturated heterocycles. The molecule has 1 aliphatic carbocycles. The van der Waals surface area contributed by atoms with Crippen molar-refractivity contribution in [3.63, 3.8) is 0 Å². The van der Waals surface area contributed by atoms with Crippen LogP contribution in [-0.2, 0) is 35.3 Å². The summed E-state index contributed by atoms with van der Waals surface area (Å²) in [5.74, 6) is 1.46. The molecule has 2 aliphatic rings. The van der Waals surface area contributed by atoms with E-state index in [4.69, 9.17) is 33.8 Å². The van der Waals surface area contributed by atoms with Crippen molar-refractivity contribution in [2.45, 2.75) is 37.5 Å².